The standard InChI is InChI=1S/C4H6ClN3O/c1-9-4-2(5)3(6)7-8-4/h1H3,(H3,6,7,8). The lowest BCUT2D eigenvalue weighted by Crippen LogP contribution is -1.83. The first-order valence-corrected chi connectivity index (χ1v) is 2.67. The molecule has 9 heavy (non-hydrogen) atoms. The molecule has 0 atom stereocenters. The van der Waals surface area contributed by atoms with Gasteiger partial charge >= 0.3 is 0 Å². The minimum atomic E-state index is 0.327. The monoisotopic (exact) mass is 147 g/mol. The van der Waals surface area contributed by atoms with Crippen LogP contribution in [0.1, 0.15) is 0 Å². The molecule has 1 aromatic rings. The van der Waals surface area contributed by atoms with Gasteiger partial charge in [-0.2, -0.15) is 0 Å². The Bertz CT molecular complexity index is 210. The molecule has 5 heteroatoms. The van der Waals surface area contributed by atoms with E-state index >= 15 is 0 Å². The molecule has 0 radical (unpaired) electrons. The van der Waals surface area contributed by atoms with Crippen LogP contribution in [-0.2, 0) is 0 Å². The van der Waals surface area contributed by atoms with Gasteiger partial charge in [0.15, 0.2) is 0 Å². The number of H-pyrrole nitrogens is 1. The minimum absolute atomic E-state index is 0.327. The highest BCUT2D eigenvalue weighted by atomic mass is 35.5. The maximum atomic E-state index is 5.57. The van der Waals surface area contributed by atoms with E-state index < -0.39 is 0 Å². The third-order valence-electron chi connectivity index (χ3n) is 0.895. The summed E-state index contributed by atoms with van der Waals surface area (Å²) in [6.45, 7) is 0. The van der Waals surface area contributed by atoms with E-state index in [0.29, 0.717) is 16.7 Å². The van der Waals surface area contributed by atoms with Crippen molar-refractivity contribution in [2.24, 2.45) is 0 Å². The van der Waals surface area contributed by atoms with Crippen LogP contribution in [0, 0.1) is 0 Å². The molecule has 0 bridgehead atoms. The smallest absolute Gasteiger partial charge is 0.253 e. The first-order valence-electron chi connectivity index (χ1n) is 2.29. The summed E-state index contributed by atoms with van der Waals surface area (Å²) < 4.78 is 4.71. The van der Waals surface area contributed by atoms with E-state index in [4.69, 9.17) is 22.1 Å². The Morgan fingerprint density at radius 1 is 1.78 bits per heavy atom. The number of nitrogen functional groups attached to an aromatic ring is 1. The number of nitrogens with one attached hydrogen (secondary N) is 1. The average Bonchev–Trinajstić information content (AvgIpc) is 2.15. The van der Waals surface area contributed by atoms with Crippen LogP contribution in [-0.4, -0.2) is 17.3 Å². The molecule has 1 rings (SSSR count). The molecule has 0 saturated carbocycles. The Labute approximate surface area is 57.0 Å². The molecule has 0 aliphatic rings. The maximum absolute atomic E-state index is 5.57. The van der Waals surface area contributed by atoms with E-state index in [-0.39, 0.29) is 0 Å². The molecule has 4 nitrogen and oxygen atoms in total. The number of hydrogen-bond acceptors (Lipinski definition) is 3. The molecule has 0 spiro atoms. The van der Waals surface area contributed by atoms with Crippen molar-refractivity contribution in [2.75, 3.05) is 12.8 Å². The molecule has 0 aliphatic carbocycles. The normalized spacial score (nSPS) is 9.56. The van der Waals surface area contributed by atoms with Crippen LogP contribution >= 0.6 is 11.6 Å². The van der Waals surface area contributed by atoms with Gasteiger partial charge in [0.2, 0.25) is 0 Å². The molecule has 1 aromatic heterocycles. The molecule has 0 aromatic carbocycles. The van der Waals surface area contributed by atoms with Crippen LogP contribution in [0.5, 0.6) is 5.88 Å². The molecule has 0 amide bonds. The summed E-state index contributed by atoms with van der Waals surface area (Å²) in [6.07, 6.45) is 0. The second kappa shape index (κ2) is 2.14. The van der Waals surface area contributed by atoms with Gasteiger partial charge in [0.05, 0.1) is 7.11 Å². The molecular weight excluding hydrogens is 142 g/mol. The highest BCUT2D eigenvalue weighted by Crippen LogP contribution is 2.25. The van der Waals surface area contributed by atoms with Gasteiger partial charge in [0.25, 0.3) is 5.88 Å². The van der Waals surface area contributed by atoms with E-state index in [2.05, 4.69) is 10.2 Å². The summed E-state index contributed by atoms with van der Waals surface area (Å²) in [5, 5.41) is 6.42. The van der Waals surface area contributed by atoms with Gasteiger partial charge in [-0.1, -0.05) is 11.6 Å². The SMILES string of the molecule is COc1n[nH]c(N)c1Cl. The Morgan fingerprint density at radius 2 is 2.44 bits per heavy atom. The van der Waals surface area contributed by atoms with E-state index in [1.807, 2.05) is 0 Å². The zero-order chi connectivity index (χ0) is 6.85. The third kappa shape index (κ3) is 0.929. The number of anilines is 1. The lowest BCUT2D eigenvalue weighted by atomic mass is 10.6. The Balaban J connectivity index is 3.04. The van der Waals surface area contributed by atoms with Gasteiger partial charge in [0.1, 0.15) is 10.8 Å². The molecule has 0 saturated heterocycles. The number of nitrogens with two attached hydrogens (primary N) is 1. The van der Waals surface area contributed by atoms with Crippen molar-refractivity contribution in [3.8, 4) is 5.88 Å². The summed E-state index contributed by atoms with van der Waals surface area (Å²) in [5.41, 5.74) is 5.29. The van der Waals surface area contributed by atoms with Crippen molar-refractivity contribution >= 4 is 17.4 Å². The number of nitrogens with zero attached hydrogens (tertiary/aromatic N) is 1. The van der Waals surface area contributed by atoms with Crippen LogP contribution in [0.15, 0.2) is 0 Å². The fraction of sp³-hybridized carbons (Fsp3) is 0.250. The van der Waals surface area contributed by atoms with E-state index in [9.17, 15) is 0 Å². The molecule has 0 aliphatic heterocycles. The summed E-state index contributed by atoms with van der Waals surface area (Å²) in [4.78, 5) is 0. The Morgan fingerprint density at radius 3 is 2.67 bits per heavy atom. The van der Waals surface area contributed by atoms with E-state index in [1.54, 1.807) is 0 Å². The van der Waals surface area contributed by atoms with Crippen molar-refractivity contribution < 1.29 is 4.74 Å². The largest absolute Gasteiger partial charge is 0.479 e. The van der Waals surface area contributed by atoms with Crippen LogP contribution in [0.3, 0.4) is 0 Å². The fourth-order valence-corrected chi connectivity index (χ4v) is 0.621. The number of ether oxygens (including phenoxy) is 1. The number of aromatic nitrogens is 2. The maximum Gasteiger partial charge on any atom is 0.253 e. The second-order valence-corrected chi connectivity index (χ2v) is 1.84. The molecule has 0 unspecified atom stereocenters. The molecule has 50 valence electrons. The first-order chi connectivity index (χ1) is 4.25. The lowest BCUT2D eigenvalue weighted by Gasteiger charge is -1.89. The topological polar surface area (TPSA) is 63.9 Å². The highest BCUT2D eigenvalue weighted by molar-refractivity contribution is 6.34. The van der Waals surface area contributed by atoms with Gasteiger partial charge < -0.3 is 10.5 Å². The van der Waals surface area contributed by atoms with Gasteiger partial charge in [-0.15, -0.1) is 5.10 Å². The zero-order valence-corrected chi connectivity index (χ0v) is 5.57. The van der Waals surface area contributed by atoms with Crippen molar-refractivity contribution in [2.45, 2.75) is 0 Å². The number of aromatic amines is 1. The van der Waals surface area contributed by atoms with Crippen molar-refractivity contribution in [1.29, 1.82) is 0 Å². The van der Waals surface area contributed by atoms with Crippen molar-refractivity contribution in [1.82, 2.24) is 10.2 Å². The summed E-state index contributed by atoms with van der Waals surface area (Å²) >= 11 is 5.57. The molecule has 0 fully saturated rings. The average molecular weight is 148 g/mol. The summed E-state index contributed by atoms with van der Waals surface area (Å²) in [5.74, 6) is 0.655. The summed E-state index contributed by atoms with van der Waals surface area (Å²) in [7, 11) is 1.47. The van der Waals surface area contributed by atoms with Crippen LogP contribution in [0.4, 0.5) is 5.82 Å². The van der Waals surface area contributed by atoms with Crippen molar-refractivity contribution in [3.63, 3.8) is 0 Å². The number of hydrogen-bond donors (Lipinski definition) is 2. The van der Waals surface area contributed by atoms with Gasteiger partial charge in [-0.25, -0.2) is 0 Å². The second-order valence-electron chi connectivity index (χ2n) is 1.46. The number of rotatable bonds is 1. The summed E-state index contributed by atoms with van der Waals surface area (Å²) in [6, 6.07) is 0. The first kappa shape index (κ1) is 6.22. The van der Waals surface area contributed by atoms with Crippen molar-refractivity contribution in [3.05, 3.63) is 5.02 Å². The van der Waals surface area contributed by atoms with Crippen LogP contribution < -0.4 is 10.5 Å². The van der Waals surface area contributed by atoms with Gasteiger partial charge in [-0.3, -0.25) is 5.10 Å². The number of halogens is 1. The minimum Gasteiger partial charge on any atom is -0.479 e. The van der Waals surface area contributed by atoms with E-state index in [1.165, 1.54) is 7.11 Å². The lowest BCUT2D eigenvalue weighted by molar-refractivity contribution is 0.397. The predicted octanol–water partition coefficient (Wildman–Crippen LogP) is 0.654. The molecular formula is C4H6ClN3O. The van der Waals surface area contributed by atoms with Gasteiger partial charge in [-0.05, 0) is 0 Å². The highest BCUT2D eigenvalue weighted by Gasteiger charge is 2.06. The predicted molar refractivity (Wildman–Crippen MR) is 34.6 cm³/mol. The van der Waals surface area contributed by atoms with Crippen LogP contribution in [0.25, 0.3) is 0 Å². The van der Waals surface area contributed by atoms with Crippen LogP contribution in [0.2, 0.25) is 5.02 Å². The van der Waals surface area contributed by atoms with Gasteiger partial charge in [0, 0.05) is 0 Å². The molecule has 3 N–H and O–H groups in total. The third-order valence-corrected chi connectivity index (χ3v) is 1.26. The van der Waals surface area contributed by atoms with E-state index in [0.717, 1.165) is 0 Å². The quantitative estimate of drug-likeness (QED) is 0.613. The molecule has 1 heterocycles. The number of methoxy groups -OCH3 is 1. The zero-order valence-electron chi connectivity index (χ0n) is 4.81. The Kier molecular flexibility index (Phi) is 1.48. The fourth-order valence-electron chi connectivity index (χ4n) is 0.460. The Hall–Kier alpha value is -0.900.